The first-order valence-electron chi connectivity index (χ1n) is 11.4. The molecule has 1 heterocycles. The zero-order valence-electron chi connectivity index (χ0n) is 18.6. The third-order valence-corrected chi connectivity index (χ3v) is 7.10. The van der Waals surface area contributed by atoms with Crippen LogP contribution < -0.4 is 10.2 Å². The summed E-state index contributed by atoms with van der Waals surface area (Å²) >= 11 is 6.07. The molecule has 0 aromatic heterocycles. The van der Waals surface area contributed by atoms with Gasteiger partial charge in [0, 0.05) is 24.2 Å². The van der Waals surface area contributed by atoms with Crippen molar-refractivity contribution in [2.45, 2.75) is 25.3 Å². The van der Waals surface area contributed by atoms with Crippen molar-refractivity contribution in [2.24, 2.45) is 5.92 Å². The Kier molecular flexibility index (Phi) is 5.84. The van der Waals surface area contributed by atoms with Crippen LogP contribution >= 0.6 is 11.6 Å². The maximum atomic E-state index is 13.7. The summed E-state index contributed by atoms with van der Waals surface area (Å²) in [5.74, 6) is 0.227. The highest BCUT2D eigenvalue weighted by molar-refractivity contribution is 6.32. The number of benzene rings is 3. The second kappa shape index (κ2) is 8.95. The second-order valence-corrected chi connectivity index (χ2v) is 9.01. The molecule has 1 N–H and O–H groups in total. The average Bonchev–Trinajstić information content (AvgIpc) is 3.35. The highest BCUT2D eigenvalue weighted by Gasteiger charge is 2.40. The van der Waals surface area contributed by atoms with Gasteiger partial charge in [0.15, 0.2) is 0 Å². The number of anilines is 2. The maximum Gasteiger partial charge on any atom is 0.288 e. The number of carbonyl (C=O) groups excluding carboxylic acids is 1. The topological polar surface area (TPSA) is 75.5 Å². The van der Waals surface area contributed by atoms with E-state index in [4.69, 9.17) is 11.6 Å². The van der Waals surface area contributed by atoms with Crippen LogP contribution in [0.25, 0.3) is 0 Å². The number of fused-ring (bicyclic) bond motifs is 3. The molecule has 0 bridgehead atoms. The summed E-state index contributed by atoms with van der Waals surface area (Å²) in [5.41, 5.74) is 3.98. The SMILES string of the molecule is CCN(C(=O)c1cccc2c1NC(c1ccc(Cl)c([N+](=O)[O-])c1)C1CC=CC21)c1ccccc1. The first-order valence-corrected chi connectivity index (χ1v) is 11.7. The van der Waals surface area contributed by atoms with Crippen LogP contribution in [-0.2, 0) is 0 Å². The number of carbonyl (C=O) groups is 1. The van der Waals surface area contributed by atoms with Gasteiger partial charge in [-0.2, -0.15) is 0 Å². The summed E-state index contributed by atoms with van der Waals surface area (Å²) in [7, 11) is 0. The minimum Gasteiger partial charge on any atom is -0.377 e. The van der Waals surface area contributed by atoms with E-state index in [9.17, 15) is 14.9 Å². The van der Waals surface area contributed by atoms with Crippen molar-refractivity contribution >= 4 is 34.6 Å². The number of nitro benzene ring substituents is 1. The fraction of sp³-hybridized carbons (Fsp3) is 0.222. The van der Waals surface area contributed by atoms with Gasteiger partial charge in [0.25, 0.3) is 11.6 Å². The minimum atomic E-state index is -0.457. The van der Waals surface area contributed by atoms with Gasteiger partial charge in [-0.25, -0.2) is 0 Å². The lowest BCUT2D eigenvalue weighted by atomic mass is 9.76. The molecule has 3 unspecified atom stereocenters. The van der Waals surface area contributed by atoms with Crippen molar-refractivity contribution in [3.63, 3.8) is 0 Å². The molecule has 6 nitrogen and oxygen atoms in total. The fourth-order valence-electron chi connectivity index (χ4n) is 5.19. The monoisotopic (exact) mass is 473 g/mol. The van der Waals surface area contributed by atoms with Gasteiger partial charge in [-0.15, -0.1) is 0 Å². The van der Waals surface area contributed by atoms with Gasteiger partial charge in [0.1, 0.15) is 5.02 Å². The predicted octanol–water partition coefficient (Wildman–Crippen LogP) is 6.74. The highest BCUT2D eigenvalue weighted by atomic mass is 35.5. The predicted molar refractivity (Wildman–Crippen MR) is 135 cm³/mol. The number of nitro groups is 1. The lowest BCUT2D eigenvalue weighted by Gasteiger charge is -2.38. The number of halogens is 1. The van der Waals surface area contributed by atoms with Crippen molar-refractivity contribution < 1.29 is 9.72 Å². The molecule has 1 aliphatic heterocycles. The van der Waals surface area contributed by atoms with Crippen LogP contribution in [0.4, 0.5) is 17.1 Å². The number of para-hydroxylation sites is 2. The van der Waals surface area contributed by atoms with E-state index < -0.39 is 4.92 Å². The Bertz CT molecular complexity index is 1290. The molecule has 0 radical (unpaired) electrons. The molecule has 3 atom stereocenters. The molecule has 7 heteroatoms. The van der Waals surface area contributed by atoms with Crippen molar-refractivity contribution in [3.05, 3.63) is 111 Å². The summed E-state index contributed by atoms with van der Waals surface area (Å²) in [6.45, 7) is 2.49. The van der Waals surface area contributed by atoms with E-state index in [-0.39, 0.29) is 34.5 Å². The average molecular weight is 474 g/mol. The van der Waals surface area contributed by atoms with E-state index in [1.54, 1.807) is 17.0 Å². The minimum absolute atomic E-state index is 0.0840. The van der Waals surface area contributed by atoms with Gasteiger partial charge in [0.2, 0.25) is 0 Å². The van der Waals surface area contributed by atoms with Crippen LogP contribution in [0.2, 0.25) is 5.02 Å². The molecule has 1 aliphatic carbocycles. The number of nitrogens with zero attached hydrogens (tertiary/aromatic N) is 2. The molecule has 5 rings (SSSR count). The number of nitrogens with one attached hydrogen (secondary N) is 1. The number of hydrogen-bond donors (Lipinski definition) is 1. The van der Waals surface area contributed by atoms with E-state index >= 15 is 0 Å². The van der Waals surface area contributed by atoms with Crippen molar-refractivity contribution in [3.8, 4) is 0 Å². The van der Waals surface area contributed by atoms with Gasteiger partial charge in [-0.3, -0.25) is 14.9 Å². The van der Waals surface area contributed by atoms with Crippen molar-refractivity contribution in [1.29, 1.82) is 0 Å². The quantitative estimate of drug-likeness (QED) is 0.253. The zero-order chi connectivity index (χ0) is 23.8. The molecule has 1 amide bonds. The molecule has 0 saturated carbocycles. The normalized spacial score (nSPS) is 20.2. The summed E-state index contributed by atoms with van der Waals surface area (Å²) in [4.78, 5) is 26.5. The van der Waals surface area contributed by atoms with E-state index in [2.05, 4.69) is 23.5 Å². The van der Waals surface area contributed by atoms with Crippen LogP contribution in [0.3, 0.4) is 0 Å². The maximum absolute atomic E-state index is 13.7. The Morgan fingerprint density at radius 1 is 1.15 bits per heavy atom. The molecule has 2 aliphatic rings. The molecule has 0 spiro atoms. The summed E-state index contributed by atoms with van der Waals surface area (Å²) < 4.78 is 0. The van der Waals surface area contributed by atoms with Crippen LogP contribution in [0.5, 0.6) is 0 Å². The van der Waals surface area contributed by atoms with E-state index in [0.29, 0.717) is 12.1 Å². The molecule has 3 aromatic carbocycles. The molecule has 0 saturated heterocycles. The molecule has 34 heavy (non-hydrogen) atoms. The van der Waals surface area contributed by atoms with Gasteiger partial charge in [-0.05, 0) is 54.7 Å². The lowest BCUT2D eigenvalue weighted by molar-refractivity contribution is -0.384. The standard InChI is InChI=1S/C27H24ClN3O3/c1-2-30(18-8-4-3-5-9-18)27(32)22-13-7-12-21-19-10-6-11-20(19)25(29-26(21)22)17-14-15-23(28)24(16-17)31(33)34/h3-10,12-16,19-20,25,29H,2,11H2,1H3. The summed E-state index contributed by atoms with van der Waals surface area (Å²) in [6.07, 6.45) is 5.19. The summed E-state index contributed by atoms with van der Waals surface area (Å²) in [5, 5.41) is 15.2. The Balaban J connectivity index is 1.58. The van der Waals surface area contributed by atoms with Crippen molar-refractivity contribution in [2.75, 3.05) is 16.8 Å². The number of hydrogen-bond acceptors (Lipinski definition) is 4. The van der Waals surface area contributed by atoms with Gasteiger partial charge in [-0.1, -0.05) is 60.2 Å². The van der Waals surface area contributed by atoms with Crippen LogP contribution in [0.15, 0.2) is 78.9 Å². The fourth-order valence-corrected chi connectivity index (χ4v) is 5.38. The Morgan fingerprint density at radius 2 is 1.94 bits per heavy atom. The van der Waals surface area contributed by atoms with E-state index in [1.165, 1.54) is 0 Å². The molecular weight excluding hydrogens is 450 g/mol. The summed E-state index contributed by atoms with van der Waals surface area (Å²) in [6, 6.07) is 20.2. The van der Waals surface area contributed by atoms with Gasteiger partial charge >= 0.3 is 0 Å². The third-order valence-electron chi connectivity index (χ3n) is 6.78. The van der Waals surface area contributed by atoms with E-state index in [1.807, 2.05) is 55.5 Å². The first-order chi connectivity index (χ1) is 16.5. The highest BCUT2D eigenvalue weighted by Crippen LogP contribution is 2.51. The number of allylic oxidation sites excluding steroid dienone is 2. The first kappa shape index (κ1) is 22.2. The smallest absolute Gasteiger partial charge is 0.288 e. The van der Waals surface area contributed by atoms with E-state index in [0.717, 1.165) is 28.9 Å². The molecule has 3 aromatic rings. The Labute approximate surface area is 203 Å². The van der Waals surface area contributed by atoms with Crippen LogP contribution in [0.1, 0.15) is 46.8 Å². The van der Waals surface area contributed by atoms with Crippen LogP contribution in [0, 0.1) is 16.0 Å². The zero-order valence-corrected chi connectivity index (χ0v) is 19.4. The Hall–Kier alpha value is -3.64. The van der Waals surface area contributed by atoms with Crippen LogP contribution in [-0.4, -0.2) is 17.4 Å². The molecule has 0 fully saturated rings. The molecular formula is C27H24ClN3O3. The number of rotatable bonds is 5. The third kappa shape index (κ3) is 3.74. The van der Waals surface area contributed by atoms with Gasteiger partial charge in [0.05, 0.1) is 22.2 Å². The Morgan fingerprint density at radius 3 is 2.68 bits per heavy atom. The molecule has 172 valence electrons. The van der Waals surface area contributed by atoms with Crippen molar-refractivity contribution in [1.82, 2.24) is 0 Å². The largest absolute Gasteiger partial charge is 0.377 e. The lowest BCUT2D eigenvalue weighted by Crippen LogP contribution is -2.34. The number of amides is 1. The van der Waals surface area contributed by atoms with Gasteiger partial charge < -0.3 is 10.2 Å². The second-order valence-electron chi connectivity index (χ2n) is 8.60.